The van der Waals surface area contributed by atoms with Gasteiger partial charge in [0.2, 0.25) is 5.91 Å². The Kier molecular flexibility index (Phi) is 4.00. The number of carbonyl (C=O) groups excluding carboxylic acids is 1. The minimum absolute atomic E-state index is 0.169. The van der Waals surface area contributed by atoms with E-state index >= 15 is 0 Å². The van der Waals surface area contributed by atoms with E-state index in [1.807, 2.05) is 11.0 Å². The third-order valence-corrected chi connectivity index (χ3v) is 5.03. The SMILES string of the molecule is CC1CN(C(=O)C2NCCc3ccccc32)CC(C)N1C. The fourth-order valence-electron chi connectivity index (χ4n) is 3.49. The van der Waals surface area contributed by atoms with E-state index in [2.05, 4.69) is 49.3 Å². The number of fused-ring (bicyclic) bond motifs is 1. The summed E-state index contributed by atoms with van der Waals surface area (Å²) >= 11 is 0. The van der Waals surface area contributed by atoms with Gasteiger partial charge in [-0.2, -0.15) is 0 Å². The highest BCUT2D eigenvalue weighted by Gasteiger charge is 2.34. The summed E-state index contributed by atoms with van der Waals surface area (Å²) in [6, 6.07) is 8.98. The lowest BCUT2D eigenvalue weighted by molar-refractivity contribution is -0.137. The molecule has 3 rings (SSSR count). The molecule has 1 aromatic rings. The van der Waals surface area contributed by atoms with Gasteiger partial charge in [-0.15, -0.1) is 0 Å². The molecule has 1 fully saturated rings. The van der Waals surface area contributed by atoms with Crippen molar-refractivity contribution in [3.8, 4) is 0 Å². The van der Waals surface area contributed by atoms with Gasteiger partial charge in [-0.05, 0) is 38.4 Å². The zero-order chi connectivity index (χ0) is 15.0. The van der Waals surface area contributed by atoms with Crippen molar-refractivity contribution in [2.45, 2.75) is 38.4 Å². The van der Waals surface area contributed by atoms with Crippen LogP contribution < -0.4 is 5.32 Å². The van der Waals surface area contributed by atoms with E-state index in [1.165, 1.54) is 5.56 Å². The van der Waals surface area contributed by atoms with Crippen LogP contribution in [0.25, 0.3) is 0 Å². The Bertz CT molecular complexity index is 519. The molecule has 114 valence electrons. The lowest BCUT2D eigenvalue weighted by Gasteiger charge is -2.44. The van der Waals surface area contributed by atoms with E-state index in [0.29, 0.717) is 12.1 Å². The van der Waals surface area contributed by atoms with Crippen molar-refractivity contribution in [1.29, 1.82) is 0 Å². The number of benzene rings is 1. The lowest BCUT2D eigenvalue weighted by atomic mass is 9.93. The van der Waals surface area contributed by atoms with Crippen LogP contribution in [0, 0.1) is 0 Å². The number of hydrogen-bond acceptors (Lipinski definition) is 3. The Balaban J connectivity index is 1.80. The maximum Gasteiger partial charge on any atom is 0.244 e. The highest BCUT2D eigenvalue weighted by Crippen LogP contribution is 2.26. The van der Waals surface area contributed by atoms with Gasteiger partial charge < -0.3 is 10.2 Å². The molecule has 3 atom stereocenters. The predicted octanol–water partition coefficient (Wildman–Crippen LogP) is 1.42. The second-order valence-electron chi connectivity index (χ2n) is 6.44. The minimum atomic E-state index is -0.169. The van der Waals surface area contributed by atoms with Crippen LogP contribution in [0.5, 0.6) is 0 Å². The van der Waals surface area contributed by atoms with Crippen molar-refractivity contribution < 1.29 is 4.79 Å². The van der Waals surface area contributed by atoms with E-state index < -0.39 is 0 Å². The molecule has 1 N–H and O–H groups in total. The number of nitrogens with zero attached hydrogens (tertiary/aromatic N) is 2. The van der Waals surface area contributed by atoms with Gasteiger partial charge in [0.1, 0.15) is 6.04 Å². The zero-order valence-corrected chi connectivity index (χ0v) is 13.2. The van der Waals surface area contributed by atoms with Gasteiger partial charge >= 0.3 is 0 Å². The Morgan fingerprint density at radius 2 is 1.86 bits per heavy atom. The van der Waals surface area contributed by atoms with Crippen molar-refractivity contribution in [3.05, 3.63) is 35.4 Å². The maximum absolute atomic E-state index is 13.0. The van der Waals surface area contributed by atoms with E-state index in [1.54, 1.807) is 0 Å². The first kappa shape index (κ1) is 14.5. The number of piperazine rings is 1. The third-order valence-electron chi connectivity index (χ3n) is 5.03. The number of likely N-dealkylation sites (N-methyl/N-ethyl adjacent to an activating group) is 1. The maximum atomic E-state index is 13.0. The molecular formula is C17H25N3O. The Morgan fingerprint density at radius 3 is 2.57 bits per heavy atom. The molecule has 0 radical (unpaired) electrons. The number of amides is 1. The van der Waals surface area contributed by atoms with Gasteiger partial charge in [-0.1, -0.05) is 24.3 Å². The summed E-state index contributed by atoms with van der Waals surface area (Å²) in [4.78, 5) is 17.3. The van der Waals surface area contributed by atoms with Crippen LogP contribution in [-0.2, 0) is 11.2 Å². The second kappa shape index (κ2) is 5.78. The van der Waals surface area contributed by atoms with Crippen molar-refractivity contribution in [3.63, 3.8) is 0 Å². The van der Waals surface area contributed by atoms with Crippen molar-refractivity contribution in [2.75, 3.05) is 26.7 Å². The molecule has 0 saturated carbocycles. The van der Waals surface area contributed by atoms with Crippen molar-refractivity contribution >= 4 is 5.91 Å². The molecule has 2 aliphatic rings. The number of rotatable bonds is 1. The summed E-state index contributed by atoms with van der Waals surface area (Å²) in [7, 11) is 2.14. The molecule has 0 spiro atoms. The van der Waals surface area contributed by atoms with Crippen molar-refractivity contribution in [1.82, 2.24) is 15.1 Å². The van der Waals surface area contributed by atoms with Crippen LogP contribution >= 0.6 is 0 Å². The monoisotopic (exact) mass is 287 g/mol. The minimum Gasteiger partial charge on any atom is -0.338 e. The average molecular weight is 287 g/mol. The van der Waals surface area contributed by atoms with Gasteiger partial charge in [0.05, 0.1) is 0 Å². The molecule has 2 aliphatic heterocycles. The van der Waals surface area contributed by atoms with Crippen LogP contribution in [0.4, 0.5) is 0 Å². The molecule has 1 amide bonds. The highest BCUT2D eigenvalue weighted by molar-refractivity contribution is 5.84. The lowest BCUT2D eigenvalue weighted by Crippen LogP contribution is -2.58. The summed E-state index contributed by atoms with van der Waals surface area (Å²) < 4.78 is 0. The molecule has 4 heteroatoms. The van der Waals surface area contributed by atoms with E-state index in [0.717, 1.165) is 31.6 Å². The van der Waals surface area contributed by atoms with Gasteiger partial charge in [0.15, 0.2) is 0 Å². The predicted molar refractivity (Wildman–Crippen MR) is 84.2 cm³/mol. The van der Waals surface area contributed by atoms with Crippen LogP contribution in [0.15, 0.2) is 24.3 Å². The van der Waals surface area contributed by atoms with Gasteiger partial charge in [0, 0.05) is 31.7 Å². The second-order valence-corrected chi connectivity index (χ2v) is 6.44. The van der Waals surface area contributed by atoms with E-state index in [-0.39, 0.29) is 11.9 Å². The molecule has 0 aliphatic carbocycles. The van der Waals surface area contributed by atoms with Crippen LogP contribution in [-0.4, -0.2) is 54.5 Å². The number of nitrogens with one attached hydrogen (secondary N) is 1. The van der Waals surface area contributed by atoms with Crippen LogP contribution in [0.2, 0.25) is 0 Å². The summed E-state index contributed by atoms with van der Waals surface area (Å²) in [5, 5.41) is 3.41. The molecule has 1 aromatic carbocycles. The standard InChI is InChI=1S/C17H25N3O/c1-12-10-20(11-13(2)19(12)3)17(21)16-15-7-5-4-6-14(15)8-9-18-16/h4-7,12-13,16,18H,8-11H2,1-3H3. The van der Waals surface area contributed by atoms with Gasteiger partial charge in [-0.25, -0.2) is 0 Å². The molecule has 3 unspecified atom stereocenters. The summed E-state index contributed by atoms with van der Waals surface area (Å²) in [6.45, 7) is 6.91. The molecular weight excluding hydrogens is 262 g/mol. The smallest absolute Gasteiger partial charge is 0.244 e. The summed E-state index contributed by atoms with van der Waals surface area (Å²) in [5.41, 5.74) is 2.47. The van der Waals surface area contributed by atoms with Crippen LogP contribution in [0.3, 0.4) is 0 Å². The van der Waals surface area contributed by atoms with Gasteiger partial charge in [-0.3, -0.25) is 9.69 Å². The largest absolute Gasteiger partial charge is 0.338 e. The number of carbonyl (C=O) groups is 1. The average Bonchev–Trinajstić information content (AvgIpc) is 2.51. The molecule has 4 nitrogen and oxygen atoms in total. The number of hydrogen-bond donors (Lipinski definition) is 1. The first-order valence-electron chi connectivity index (χ1n) is 7.90. The topological polar surface area (TPSA) is 35.6 Å². The summed E-state index contributed by atoms with van der Waals surface area (Å²) in [6.07, 6.45) is 1.01. The first-order valence-corrected chi connectivity index (χ1v) is 7.90. The molecule has 0 bridgehead atoms. The molecule has 1 saturated heterocycles. The molecule has 0 aromatic heterocycles. The first-order chi connectivity index (χ1) is 10.1. The normalized spacial score (nSPS) is 30.0. The fraction of sp³-hybridized carbons (Fsp3) is 0.588. The molecule has 21 heavy (non-hydrogen) atoms. The Morgan fingerprint density at radius 1 is 1.19 bits per heavy atom. The summed E-state index contributed by atoms with van der Waals surface area (Å²) in [5.74, 6) is 0.231. The zero-order valence-electron chi connectivity index (χ0n) is 13.2. The quantitative estimate of drug-likeness (QED) is 0.848. The third kappa shape index (κ3) is 2.70. The highest BCUT2D eigenvalue weighted by atomic mass is 16.2. The van der Waals surface area contributed by atoms with Gasteiger partial charge in [0.25, 0.3) is 0 Å². The van der Waals surface area contributed by atoms with E-state index in [9.17, 15) is 4.79 Å². The Labute approximate surface area is 127 Å². The Hall–Kier alpha value is -1.39. The van der Waals surface area contributed by atoms with Crippen molar-refractivity contribution in [2.24, 2.45) is 0 Å². The molecule has 2 heterocycles. The van der Waals surface area contributed by atoms with E-state index in [4.69, 9.17) is 0 Å². The van der Waals surface area contributed by atoms with Crippen LogP contribution in [0.1, 0.15) is 31.0 Å². The fourth-order valence-corrected chi connectivity index (χ4v) is 3.49.